The normalized spacial score (nSPS) is 11.0. The Morgan fingerprint density at radius 2 is 1.90 bits per heavy atom. The number of halogens is 1. The number of carbonyl (C=O) groups is 1. The Kier molecular flexibility index (Phi) is 7.07. The fourth-order valence-electron chi connectivity index (χ4n) is 2.71. The largest absolute Gasteiger partial charge is 0.573 e. The predicted octanol–water partition coefficient (Wildman–Crippen LogP) is 3.64. The second kappa shape index (κ2) is 9.73. The van der Waals surface area contributed by atoms with Crippen molar-refractivity contribution in [2.75, 3.05) is 13.7 Å². The zero-order valence-corrected chi connectivity index (χ0v) is 18.5. The van der Waals surface area contributed by atoms with E-state index in [0.717, 1.165) is 10.2 Å². The maximum absolute atomic E-state index is 12.8. The molecule has 156 valence electrons. The SMILES string of the molecule is COc1ccc(C(=O)NCCc2cccc[nH+]2)cc1S(=O)(=O)[N-]c1ccc(Br)cc1. The summed E-state index contributed by atoms with van der Waals surface area (Å²) in [5.41, 5.74) is 1.45. The van der Waals surface area contributed by atoms with E-state index in [1.54, 1.807) is 24.3 Å². The number of nitrogens with one attached hydrogen (secondary N) is 2. The molecule has 0 saturated carbocycles. The Labute approximate surface area is 183 Å². The minimum absolute atomic E-state index is 0.117. The Morgan fingerprint density at radius 3 is 2.57 bits per heavy atom. The van der Waals surface area contributed by atoms with Gasteiger partial charge in [0.05, 0.1) is 12.0 Å². The molecule has 0 fully saturated rings. The molecule has 0 saturated heterocycles. The molecule has 0 atom stereocenters. The van der Waals surface area contributed by atoms with Crippen LogP contribution in [-0.2, 0) is 16.4 Å². The molecule has 1 amide bonds. The number of hydrogen-bond acceptors (Lipinski definition) is 4. The standard InChI is InChI=1S/C21H19BrN3O4S/c1-29-19-10-5-15(21(26)24-13-11-17-4-2-3-12-23-17)14-20(19)30(27,28)25-18-8-6-16(22)7-9-18/h2-10,12,14H,11,13H2,1H3,(H,24,26)/q-1/p+1. The van der Waals surface area contributed by atoms with Crippen LogP contribution in [0.5, 0.6) is 5.75 Å². The fourth-order valence-corrected chi connectivity index (χ4v) is 4.15. The molecular formula is C21H20BrN3O4S. The topological polar surface area (TPSA) is 101 Å². The molecule has 0 aliphatic rings. The first-order valence-electron chi connectivity index (χ1n) is 9.04. The van der Waals surface area contributed by atoms with E-state index in [4.69, 9.17) is 4.74 Å². The number of H-pyrrole nitrogens is 1. The van der Waals surface area contributed by atoms with Crippen LogP contribution < -0.4 is 15.0 Å². The molecule has 0 aliphatic heterocycles. The van der Waals surface area contributed by atoms with Gasteiger partial charge in [0.15, 0.2) is 11.9 Å². The Balaban J connectivity index is 1.76. The third-order valence-electron chi connectivity index (χ3n) is 4.21. The number of aromatic amines is 1. The number of sulfonamides is 1. The Morgan fingerprint density at radius 1 is 1.13 bits per heavy atom. The van der Waals surface area contributed by atoms with E-state index in [1.807, 2.05) is 24.4 Å². The fraction of sp³-hybridized carbons (Fsp3) is 0.143. The van der Waals surface area contributed by atoms with Gasteiger partial charge in [0.2, 0.25) is 0 Å². The first-order valence-corrected chi connectivity index (χ1v) is 11.3. The highest BCUT2D eigenvalue weighted by Gasteiger charge is 2.16. The molecule has 2 aromatic carbocycles. The zero-order valence-electron chi connectivity index (χ0n) is 16.1. The van der Waals surface area contributed by atoms with Crippen LogP contribution in [0.2, 0.25) is 0 Å². The molecule has 2 N–H and O–H groups in total. The van der Waals surface area contributed by atoms with E-state index in [2.05, 4.69) is 31.0 Å². The Hall–Kier alpha value is -2.91. The number of pyridine rings is 1. The van der Waals surface area contributed by atoms with Crippen molar-refractivity contribution >= 4 is 37.5 Å². The first-order chi connectivity index (χ1) is 14.4. The molecule has 1 aromatic heterocycles. The number of carbonyl (C=O) groups excluding carboxylic acids is 1. The van der Waals surface area contributed by atoms with E-state index in [1.165, 1.54) is 25.3 Å². The van der Waals surface area contributed by atoms with Gasteiger partial charge in [-0.05, 0) is 30.3 Å². The molecule has 7 nitrogen and oxygen atoms in total. The summed E-state index contributed by atoms with van der Waals surface area (Å²) in [6, 6.07) is 16.5. The van der Waals surface area contributed by atoms with Crippen LogP contribution in [0.25, 0.3) is 4.72 Å². The number of aromatic nitrogens is 1. The van der Waals surface area contributed by atoms with E-state index in [0.29, 0.717) is 13.0 Å². The number of amides is 1. The predicted molar refractivity (Wildman–Crippen MR) is 116 cm³/mol. The van der Waals surface area contributed by atoms with Crippen LogP contribution in [0, 0.1) is 0 Å². The molecule has 0 spiro atoms. The molecule has 1 heterocycles. The summed E-state index contributed by atoms with van der Waals surface area (Å²) in [7, 11) is -2.72. The monoisotopic (exact) mass is 489 g/mol. The second-order valence-corrected chi connectivity index (χ2v) is 8.79. The number of benzene rings is 2. The molecule has 0 aliphatic carbocycles. The number of ether oxygens (including phenoxy) is 1. The van der Waals surface area contributed by atoms with Gasteiger partial charge in [0.25, 0.3) is 5.91 Å². The van der Waals surface area contributed by atoms with Crippen molar-refractivity contribution in [1.82, 2.24) is 5.32 Å². The molecule has 0 bridgehead atoms. The zero-order chi connectivity index (χ0) is 21.6. The summed E-state index contributed by atoms with van der Waals surface area (Å²) in [6.45, 7) is 0.400. The molecular weight excluding hydrogens is 470 g/mol. The van der Waals surface area contributed by atoms with Crippen molar-refractivity contribution in [2.24, 2.45) is 0 Å². The van der Waals surface area contributed by atoms with E-state index >= 15 is 0 Å². The van der Waals surface area contributed by atoms with Crippen LogP contribution in [-0.4, -0.2) is 28.0 Å². The molecule has 0 unspecified atom stereocenters. The Bertz CT molecular complexity index is 1120. The van der Waals surface area contributed by atoms with Gasteiger partial charge in [-0.3, -0.25) is 4.79 Å². The lowest BCUT2D eigenvalue weighted by Gasteiger charge is -2.23. The molecule has 9 heteroatoms. The van der Waals surface area contributed by atoms with Crippen LogP contribution in [0.4, 0.5) is 5.69 Å². The van der Waals surface area contributed by atoms with Crippen LogP contribution in [0.15, 0.2) is 76.2 Å². The molecule has 3 aromatic rings. The van der Waals surface area contributed by atoms with Gasteiger partial charge < -0.3 is 14.8 Å². The maximum atomic E-state index is 12.8. The van der Waals surface area contributed by atoms with Gasteiger partial charge in [-0.2, -0.15) is 0 Å². The number of methoxy groups -OCH3 is 1. The number of nitrogens with zero attached hydrogens (tertiary/aromatic N) is 1. The summed E-state index contributed by atoms with van der Waals surface area (Å²) < 4.78 is 35.5. The van der Waals surface area contributed by atoms with Crippen LogP contribution >= 0.6 is 15.9 Å². The lowest BCUT2D eigenvalue weighted by atomic mass is 10.2. The van der Waals surface area contributed by atoms with Gasteiger partial charge in [0.1, 0.15) is 15.8 Å². The minimum Gasteiger partial charge on any atom is -0.573 e. The number of rotatable bonds is 8. The third-order valence-corrected chi connectivity index (χ3v) is 6.06. The van der Waals surface area contributed by atoms with Gasteiger partial charge in [-0.15, -0.1) is 5.69 Å². The highest BCUT2D eigenvalue weighted by atomic mass is 79.9. The van der Waals surface area contributed by atoms with Crippen molar-refractivity contribution in [3.8, 4) is 5.75 Å². The van der Waals surface area contributed by atoms with Crippen molar-refractivity contribution in [3.63, 3.8) is 0 Å². The number of hydrogen-bond donors (Lipinski definition) is 1. The maximum Gasteiger partial charge on any atom is 0.251 e. The lowest BCUT2D eigenvalue weighted by Crippen LogP contribution is -2.27. The summed E-state index contributed by atoms with van der Waals surface area (Å²) >= 11 is 3.30. The van der Waals surface area contributed by atoms with Crippen LogP contribution in [0.1, 0.15) is 16.1 Å². The summed E-state index contributed by atoms with van der Waals surface area (Å²) in [5, 5.41) is 2.79. The summed E-state index contributed by atoms with van der Waals surface area (Å²) in [6.07, 6.45) is 2.43. The van der Waals surface area contributed by atoms with Gasteiger partial charge in [-0.25, -0.2) is 13.4 Å². The highest BCUT2D eigenvalue weighted by Crippen LogP contribution is 2.34. The highest BCUT2D eigenvalue weighted by molar-refractivity contribution is 9.10. The van der Waals surface area contributed by atoms with E-state index in [9.17, 15) is 13.2 Å². The molecule has 30 heavy (non-hydrogen) atoms. The van der Waals surface area contributed by atoms with Gasteiger partial charge in [0, 0.05) is 35.1 Å². The molecule has 0 radical (unpaired) electrons. The minimum atomic E-state index is -4.09. The summed E-state index contributed by atoms with van der Waals surface area (Å²) in [4.78, 5) is 15.4. The molecule has 3 rings (SSSR count). The average Bonchev–Trinajstić information content (AvgIpc) is 2.75. The van der Waals surface area contributed by atoms with Crippen LogP contribution in [0.3, 0.4) is 0 Å². The lowest BCUT2D eigenvalue weighted by molar-refractivity contribution is -0.390. The smallest absolute Gasteiger partial charge is 0.251 e. The van der Waals surface area contributed by atoms with Gasteiger partial charge >= 0.3 is 0 Å². The van der Waals surface area contributed by atoms with Crippen molar-refractivity contribution in [1.29, 1.82) is 0 Å². The van der Waals surface area contributed by atoms with Crippen molar-refractivity contribution < 1.29 is 22.9 Å². The van der Waals surface area contributed by atoms with Gasteiger partial charge in [-0.1, -0.05) is 34.1 Å². The van der Waals surface area contributed by atoms with Crippen molar-refractivity contribution in [3.05, 3.63) is 87.3 Å². The average molecular weight is 490 g/mol. The first kappa shape index (κ1) is 21.8. The van der Waals surface area contributed by atoms with E-state index in [-0.39, 0.29) is 27.8 Å². The second-order valence-electron chi connectivity index (χ2n) is 6.30. The quantitative estimate of drug-likeness (QED) is 0.521. The third kappa shape index (κ3) is 5.58. The summed E-state index contributed by atoms with van der Waals surface area (Å²) in [5.74, 6) is -0.264. The van der Waals surface area contributed by atoms with E-state index < -0.39 is 10.0 Å². The van der Waals surface area contributed by atoms with Crippen molar-refractivity contribution in [2.45, 2.75) is 11.3 Å².